The second kappa shape index (κ2) is 13.1. The fourth-order valence-corrected chi connectivity index (χ4v) is 3.69. The third-order valence-electron chi connectivity index (χ3n) is 5.36. The molecule has 2 rings (SSSR count). The van der Waals surface area contributed by atoms with Gasteiger partial charge >= 0.3 is 6.09 Å². The highest BCUT2D eigenvalue weighted by atomic mass is 16.6. The fourth-order valence-electron chi connectivity index (χ4n) is 3.69. The molecule has 0 saturated carbocycles. The van der Waals surface area contributed by atoms with Gasteiger partial charge in [-0.25, -0.2) is 4.79 Å². The number of ether oxygens (including phenoxy) is 1. The third-order valence-corrected chi connectivity index (χ3v) is 5.36. The molecule has 0 bridgehead atoms. The van der Waals surface area contributed by atoms with Gasteiger partial charge in [-0.2, -0.15) is 0 Å². The van der Waals surface area contributed by atoms with Crippen molar-refractivity contribution in [3.05, 3.63) is 83.9 Å². The normalized spacial score (nSPS) is 14.6. The Morgan fingerprint density at radius 1 is 0.941 bits per heavy atom. The summed E-state index contributed by atoms with van der Waals surface area (Å²) >= 11 is 0. The van der Waals surface area contributed by atoms with E-state index in [-0.39, 0.29) is 18.1 Å². The zero-order chi connectivity index (χ0) is 25.1. The Morgan fingerprint density at radius 3 is 1.97 bits per heavy atom. The highest BCUT2D eigenvalue weighted by Gasteiger charge is 2.29. The zero-order valence-corrected chi connectivity index (χ0v) is 21.0. The van der Waals surface area contributed by atoms with Crippen LogP contribution in [0.1, 0.15) is 52.2 Å². The van der Waals surface area contributed by atoms with Crippen molar-refractivity contribution in [2.45, 2.75) is 71.6 Å². The van der Waals surface area contributed by atoms with Gasteiger partial charge in [-0.1, -0.05) is 80.6 Å². The molecule has 184 valence electrons. The Balaban J connectivity index is 2.23. The molecule has 2 aromatic carbocycles. The minimum atomic E-state index is -0.933. The van der Waals surface area contributed by atoms with E-state index >= 15 is 0 Å². The summed E-state index contributed by atoms with van der Waals surface area (Å²) in [5.74, 6) is -0.177. The lowest BCUT2D eigenvalue weighted by Gasteiger charge is -2.28. The molecular formula is C29H39NO4. The quantitative estimate of drug-likeness (QED) is 0.429. The maximum absolute atomic E-state index is 13.1. The first-order chi connectivity index (χ1) is 16.0. The van der Waals surface area contributed by atoms with Crippen molar-refractivity contribution in [1.82, 2.24) is 5.32 Å². The minimum Gasteiger partial charge on any atom is -0.444 e. The highest BCUT2D eigenvalue weighted by molar-refractivity contribution is 5.92. The number of aliphatic hydroxyl groups is 1. The van der Waals surface area contributed by atoms with E-state index < -0.39 is 29.8 Å². The van der Waals surface area contributed by atoms with Crippen LogP contribution in [0, 0.1) is 11.8 Å². The van der Waals surface area contributed by atoms with E-state index in [4.69, 9.17) is 4.74 Å². The number of amides is 1. The number of aliphatic hydroxyl groups excluding tert-OH is 1. The van der Waals surface area contributed by atoms with E-state index in [1.807, 2.05) is 80.6 Å². The molecule has 5 heteroatoms. The average Bonchev–Trinajstić information content (AvgIpc) is 2.76. The first kappa shape index (κ1) is 27.3. The van der Waals surface area contributed by atoms with Crippen LogP contribution in [0.3, 0.4) is 0 Å². The van der Waals surface area contributed by atoms with E-state index in [1.165, 1.54) is 0 Å². The molecule has 1 amide bonds. The molecule has 0 radical (unpaired) electrons. The monoisotopic (exact) mass is 465 g/mol. The van der Waals surface area contributed by atoms with Gasteiger partial charge in [-0.3, -0.25) is 4.79 Å². The van der Waals surface area contributed by atoms with Crippen molar-refractivity contribution in [2.75, 3.05) is 0 Å². The molecule has 2 aromatic rings. The molecule has 0 aliphatic heterocycles. The minimum absolute atomic E-state index is 0.0210. The number of allylic oxidation sites excluding steroid dienone is 2. The predicted molar refractivity (Wildman–Crippen MR) is 137 cm³/mol. The number of carbonyl (C=O) groups is 2. The lowest BCUT2D eigenvalue weighted by Crippen LogP contribution is -2.47. The van der Waals surface area contributed by atoms with Gasteiger partial charge in [0.2, 0.25) is 0 Å². The summed E-state index contributed by atoms with van der Waals surface area (Å²) in [6.45, 7) is 9.43. The molecule has 0 aliphatic carbocycles. The van der Waals surface area contributed by atoms with Crippen molar-refractivity contribution in [1.29, 1.82) is 0 Å². The molecule has 0 fully saturated rings. The molecule has 0 aromatic heterocycles. The smallest absolute Gasteiger partial charge is 0.407 e. The van der Waals surface area contributed by atoms with Crippen LogP contribution < -0.4 is 5.32 Å². The number of benzene rings is 2. The SMILES string of the molecule is CC(C)/C=C\C(=O)[C@H](Cc1ccccc1)C[C@H](O)[C@H](Cc1ccccc1)NC(=O)OC(C)(C)C. The first-order valence-electron chi connectivity index (χ1n) is 12.0. The Labute approximate surface area is 204 Å². The summed E-state index contributed by atoms with van der Waals surface area (Å²) in [7, 11) is 0. The van der Waals surface area contributed by atoms with E-state index in [9.17, 15) is 14.7 Å². The van der Waals surface area contributed by atoms with Gasteiger partial charge in [0.15, 0.2) is 5.78 Å². The summed E-state index contributed by atoms with van der Waals surface area (Å²) in [5, 5.41) is 14.1. The maximum Gasteiger partial charge on any atom is 0.407 e. The molecule has 3 atom stereocenters. The van der Waals surface area contributed by atoms with Crippen molar-refractivity contribution in [2.24, 2.45) is 11.8 Å². The summed E-state index contributed by atoms with van der Waals surface area (Å²) in [4.78, 5) is 25.6. The fraction of sp³-hybridized carbons (Fsp3) is 0.448. The Bertz CT molecular complexity index is 916. The molecule has 0 aliphatic rings. The van der Waals surface area contributed by atoms with Crippen LogP contribution in [-0.2, 0) is 22.4 Å². The predicted octanol–water partition coefficient (Wildman–Crippen LogP) is 5.51. The van der Waals surface area contributed by atoms with Crippen molar-refractivity contribution in [3.8, 4) is 0 Å². The summed E-state index contributed by atoms with van der Waals surface area (Å²) < 4.78 is 5.43. The van der Waals surface area contributed by atoms with E-state index in [0.717, 1.165) is 11.1 Å². The molecule has 0 heterocycles. The van der Waals surface area contributed by atoms with Crippen LogP contribution in [-0.4, -0.2) is 34.7 Å². The van der Waals surface area contributed by atoms with Crippen LogP contribution in [0.15, 0.2) is 72.8 Å². The van der Waals surface area contributed by atoms with E-state index in [2.05, 4.69) is 5.32 Å². The van der Waals surface area contributed by atoms with Crippen LogP contribution >= 0.6 is 0 Å². The highest BCUT2D eigenvalue weighted by Crippen LogP contribution is 2.20. The molecule has 34 heavy (non-hydrogen) atoms. The summed E-state index contributed by atoms with van der Waals surface area (Å²) in [6.07, 6.45) is 3.16. The van der Waals surface area contributed by atoms with Gasteiger partial charge in [-0.05, 0) is 63.2 Å². The van der Waals surface area contributed by atoms with Crippen LogP contribution in [0.5, 0.6) is 0 Å². The van der Waals surface area contributed by atoms with Gasteiger partial charge in [0.1, 0.15) is 5.60 Å². The van der Waals surface area contributed by atoms with Crippen LogP contribution in [0.2, 0.25) is 0 Å². The Hall–Kier alpha value is -2.92. The Kier molecular flexibility index (Phi) is 10.5. The van der Waals surface area contributed by atoms with E-state index in [0.29, 0.717) is 12.8 Å². The average molecular weight is 466 g/mol. The maximum atomic E-state index is 13.1. The number of hydrogen-bond donors (Lipinski definition) is 2. The molecule has 0 saturated heterocycles. The number of ketones is 1. The zero-order valence-electron chi connectivity index (χ0n) is 21.0. The second-order valence-corrected chi connectivity index (χ2v) is 10.1. The number of carbonyl (C=O) groups excluding carboxylic acids is 2. The van der Waals surface area contributed by atoms with Gasteiger partial charge in [0.05, 0.1) is 12.1 Å². The lowest BCUT2D eigenvalue weighted by molar-refractivity contribution is -0.119. The molecule has 0 unspecified atom stereocenters. The van der Waals surface area contributed by atoms with Gasteiger partial charge in [-0.15, -0.1) is 0 Å². The molecule has 5 nitrogen and oxygen atoms in total. The van der Waals surface area contributed by atoms with Crippen LogP contribution in [0.25, 0.3) is 0 Å². The first-order valence-corrected chi connectivity index (χ1v) is 12.0. The van der Waals surface area contributed by atoms with Crippen LogP contribution in [0.4, 0.5) is 4.79 Å². The van der Waals surface area contributed by atoms with Crippen molar-refractivity contribution in [3.63, 3.8) is 0 Å². The van der Waals surface area contributed by atoms with Gasteiger partial charge < -0.3 is 15.2 Å². The number of alkyl carbamates (subject to hydrolysis) is 1. The molecular weight excluding hydrogens is 426 g/mol. The number of rotatable bonds is 11. The van der Waals surface area contributed by atoms with Crippen molar-refractivity contribution >= 4 is 11.9 Å². The van der Waals surface area contributed by atoms with E-state index in [1.54, 1.807) is 26.8 Å². The Morgan fingerprint density at radius 2 is 1.47 bits per heavy atom. The summed E-state index contributed by atoms with van der Waals surface area (Å²) in [6, 6.07) is 18.9. The second-order valence-electron chi connectivity index (χ2n) is 10.1. The molecule has 2 N–H and O–H groups in total. The largest absolute Gasteiger partial charge is 0.444 e. The number of nitrogens with one attached hydrogen (secondary N) is 1. The molecule has 0 spiro atoms. The number of hydrogen-bond acceptors (Lipinski definition) is 4. The van der Waals surface area contributed by atoms with Gasteiger partial charge in [0, 0.05) is 5.92 Å². The third kappa shape index (κ3) is 10.3. The standard InChI is InChI=1S/C29H39NO4/c1-21(2)16-17-26(31)24(18-22-12-8-6-9-13-22)20-27(32)25(19-23-14-10-7-11-15-23)30-28(33)34-29(3,4)5/h6-17,21,24-25,27,32H,18-20H2,1-5H3,(H,30,33)/b17-16-/t24-,25+,27+/m1/s1. The lowest BCUT2D eigenvalue weighted by atomic mass is 9.86. The van der Waals surface area contributed by atoms with Crippen molar-refractivity contribution < 1.29 is 19.4 Å². The van der Waals surface area contributed by atoms with Gasteiger partial charge in [0.25, 0.3) is 0 Å². The topological polar surface area (TPSA) is 75.6 Å². The summed E-state index contributed by atoms with van der Waals surface area (Å²) in [5.41, 5.74) is 1.36.